The molecule has 2 aromatic carbocycles. The smallest absolute Gasteiger partial charge is 0.254 e. The highest BCUT2D eigenvalue weighted by atomic mass is 35.5. The molecule has 0 spiro atoms. The lowest BCUT2D eigenvalue weighted by atomic mass is 10.1. The van der Waals surface area contributed by atoms with Gasteiger partial charge in [0, 0.05) is 17.7 Å². The molecule has 26 heavy (non-hydrogen) atoms. The number of likely N-dealkylation sites (tertiary alicyclic amines) is 1. The standard InChI is InChI=1S/C20H18ClN3O2/c1-13-8-10-14(11-9-13)20(25)24-12-4-7-17(24)19-22-18(23-26-19)15-5-2-3-6-16(15)21/h2-3,5-6,8-11,17H,4,7,12H2,1H3. The number of amides is 1. The fraction of sp³-hybridized carbons (Fsp3) is 0.250. The second-order valence-electron chi connectivity index (χ2n) is 6.46. The zero-order valence-corrected chi connectivity index (χ0v) is 15.1. The Morgan fingerprint density at radius 1 is 1.19 bits per heavy atom. The fourth-order valence-electron chi connectivity index (χ4n) is 3.25. The Labute approximate surface area is 156 Å². The lowest BCUT2D eigenvalue weighted by Crippen LogP contribution is -2.30. The van der Waals surface area contributed by atoms with Crippen LogP contribution in [0, 0.1) is 6.92 Å². The Kier molecular flexibility index (Phi) is 4.47. The molecule has 1 atom stereocenters. The average molecular weight is 368 g/mol. The number of halogens is 1. The monoisotopic (exact) mass is 367 g/mol. The lowest BCUT2D eigenvalue weighted by molar-refractivity contribution is 0.0710. The van der Waals surface area contributed by atoms with Crippen LogP contribution in [0.25, 0.3) is 11.4 Å². The third kappa shape index (κ3) is 3.10. The number of hydrogen-bond donors (Lipinski definition) is 0. The van der Waals surface area contributed by atoms with Crippen LogP contribution < -0.4 is 0 Å². The molecule has 0 aliphatic carbocycles. The molecule has 5 nitrogen and oxygen atoms in total. The minimum Gasteiger partial charge on any atom is -0.337 e. The van der Waals surface area contributed by atoms with Crippen molar-refractivity contribution in [2.45, 2.75) is 25.8 Å². The van der Waals surface area contributed by atoms with E-state index in [1.165, 1.54) is 0 Å². The molecular formula is C20H18ClN3O2. The maximum Gasteiger partial charge on any atom is 0.254 e. The van der Waals surface area contributed by atoms with Crippen molar-refractivity contribution < 1.29 is 9.32 Å². The van der Waals surface area contributed by atoms with Gasteiger partial charge < -0.3 is 9.42 Å². The van der Waals surface area contributed by atoms with Gasteiger partial charge in [-0.3, -0.25) is 4.79 Å². The summed E-state index contributed by atoms with van der Waals surface area (Å²) >= 11 is 6.21. The first-order valence-corrected chi connectivity index (χ1v) is 8.97. The van der Waals surface area contributed by atoms with Gasteiger partial charge in [-0.15, -0.1) is 0 Å². The maximum atomic E-state index is 12.9. The van der Waals surface area contributed by atoms with Gasteiger partial charge in [0.1, 0.15) is 6.04 Å². The van der Waals surface area contributed by atoms with E-state index >= 15 is 0 Å². The summed E-state index contributed by atoms with van der Waals surface area (Å²) < 4.78 is 5.48. The molecule has 1 unspecified atom stereocenters. The summed E-state index contributed by atoms with van der Waals surface area (Å²) in [7, 11) is 0. The molecule has 3 aromatic rings. The molecule has 1 aliphatic heterocycles. The molecule has 1 amide bonds. The largest absolute Gasteiger partial charge is 0.337 e. The molecule has 1 saturated heterocycles. The molecule has 1 aliphatic rings. The number of hydrogen-bond acceptors (Lipinski definition) is 4. The second kappa shape index (κ2) is 6.92. The molecule has 2 heterocycles. The zero-order chi connectivity index (χ0) is 18.1. The zero-order valence-electron chi connectivity index (χ0n) is 14.4. The van der Waals surface area contributed by atoms with Crippen molar-refractivity contribution in [1.82, 2.24) is 15.0 Å². The maximum absolute atomic E-state index is 12.9. The molecule has 132 valence electrons. The number of nitrogens with zero attached hydrogens (tertiary/aromatic N) is 3. The number of rotatable bonds is 3. The summed E-state index contributed by atoms with van der Waals surface area (Å²) in [4.78, 5) is 19.2. The number of aryl methyl sites for hydroxylation is 1. The van der Waals surface area contributed by atoms with E-state index < -0.39 is 0 Å². The van der Waals surface area contributed by atoms with E-state index in [9.17, 15) is 4.79 Å². The summed E-state index contributed by atoms with van der Waals surface area (Å²) in [6.45, 7) is 2.68. The van der Waals surface area contributed by atoms with Crippen molar-refractivity contribution in [3.63, 3.8) is 0 Å². The van der Waals surface area contributed by atoms with Crippen LogP contribution in [0.1, 0.15) is 40.7 Å². The van der Waals surface area contributed by atoms with Crippen molar-refractivity contribution in [2.24, 2.45) is 0 Å². The van der Waals surface area contributed by atoms with Gasteiger partial charge in [-0.05, 0) is 44.0 Å². The van der Waals surface area contributed by atoms with Crippen LogP contribution in [-0.2, 0) is 0 Å². The molecule has 0 N–H and O–H groups in total. The quantitative estimate of drug-likeness (QED) is 0.674. The van der Waals surface area contributed by atoms with Crippen LogP contribution in [0.2, 0.25) is 5.02 Å². The van der Waals surface area contributed by atoms with Gasteiger partial charge >= 0.3 is 0 Å². The predicted molar refractivity (Wildman–Crippen MR) is 98.9 cm³/mol. The Balaban J connectivity index is 1.60. The highest BCUT2D eigenvalue weighted by Gasteiger charge is 2.34. The molecule has 4 rings (SSSR count). The number of aromatic nitrogens is 2. The van der Waals surface area contributed by atoms with Gasteiger partial charge in [0.25, 0.3) is 5.91 Å². The first kappa shape index (κ1) is 16.8. The Morgan fingerprint density at radius 3 is 2.73 bits per heavy atom. The summed E-state index contributed by atoms with van der Waals surface area (Å²) in [5.41, 5.74) is 2.52. The summed E-state index contributed by atoms with van der Waals surface area (Å²) in [6.07, 6.45) is 1.72. The number of benzene rings is 2. The highest BCUT2D eigenvalue weighted by Crippen LogP contribution is 2.34. The van der Waals surface area contributed by atoms with E-state index in [0.29, 0.717) is 28.8 Å². The van der Waals surface area contributed by atoms with Gasteiger partial charge in [0.15, 0.2) is 0 Å². The van der Waals surface area contributed by atoms with Crippen molar-refractivity contribution in [1.29, 1.82) is 0 Å². The van der Waals surface area contributed by atoms with Crippen molar-refractivity contribution in [3.8, 4) is 11.4 Å². The second-order valence-corrected chi connectivity index (χ2v) is 6.87. The fourth-order valence-corrected chi connectivity index (χ4v) is 3.47. The molecule has 6 heteroatoms. The summed E-state index contributed by atoms with van der Waals surface area (Å²) in [5.74, 6) is 0.892. The number of carbonyl (C=O) groups is 1. The highest BCUT2D eigenvalue weighted by molar-refractivity contribution is 6.33. The third-order valence-electron chi connectivity index (χ3n) is 4.65. The van der Waals surface area contributed by atoms with E-state index in [1.807, 2.05) is 54.3 Å². The molecular weight excluding hydrogens is 350 g/mol. The van der Waals surface area contributed by atoms with Crippen molar-refractivity contribution in [3.05, 3.63) is 70.6 Å². The summed E-state index contributed by atoms with van der Waals surface area (Å²) in [5, 5.41) is 4.63. The van der Waals surface area contributed by atoms with E-state index in [1.54, 1.807) is 6.07 Å². The predicted octanol–water partition coefficient (Wildman–Crippen LogP) is 4.68. The van der Waals surface area contributed by atoms with Crippen LogP contribution in [0.5, 0.6) is 0 Å². The minimum absolute atomic E-state index is 0.00927. The van der Waals surface area contributed by atoms with Crippen molar-refractivity contribution in [2.75, 3.05) is 6.54 Å². The van der Waals surface area contributed by atoms with Crippen LogP contribution in [0.4, 0.5) is 0 Å². The van der Waals surface area contributed by atoms with E-state index in [-0.39, 0.29) is 11.9 Å². The number of carbonyl (C=O) groups excluding carboxylic acids is 1. The SMILES string of the molecule is Cc1ccc(C(=O)N2CCCC2c2nc(-c3ccccc3Cl)no2)cc1. The van der Waals surface area contributed by atoms with Crippen LogP contribution in [0.3, 0.4) is 0 Å². The Bertz CT molecular complexity index is 936. The van der Waals surface area contributed by atoms with Gasteiger partial charge in [0.05, 0.1) is 5.02 Å². The molecule has 1 aromatic heterocycles. The summed E-state index contributed by atoms with van der Waals surface area (Å²) in [6, 6.07) is 14.8. The molecule has 0 radical (unpaired) electrons. The van der Waals surface area contributed by atoms with E-state index in [2.05, 4.69) is 10.1 Å². The average Bonchev–Trinajstić information content (AvgIpc) is 3.31. The van der Waals surface area contributed by atoms with Crippen LogP contribution >= 0.6 is 11.6 Å². The molecule has 0 saturated carbocycles. The van der Waals surface area contributed by atoms with Crippen LogP contribution in [-0.4, -0.2) is 27.5 Å². The Hall–Kier alpha value is -2.66. The first-order valence-electron chi connectivity index (χ1n) is 8.59. The van der Waals surface area contributed by atoms with Gasteiger partial charge in [-0.25, -0.2) is 0 Å². The first-order chi connectivity index (χ1) is 12.6. The Morgan fingerprint density at radius 2 is 1.96 bits per heavy atom. The normalized spacial score (nSPS) is 16.8. The molecule has 1 fully saturated rings. The molecule has 0 bridgehead atoms. The lowest BCUT2D eigenvalue weighted by Gasteiger charge is -2.22. The van der Waals surface area contributed by atoms with Crippen molar-refractivity contribution >= 4 is 17.5 Å². The van der Waals surface area contributed by atoms with Gasteiger partial charge in [-0.1, -0.05) is 46.6 Å². The topological polar surface area (TPSA) is 59.2 Å². The van der Waals surface area contributed by atoms with E-state index in [0.717, 1.165) is 24.0 Å². The van der Waals surface area contributed by atoms with Gasteiger partial charge in [-0.2, -0.15) is 4.98 Å². The minimum atomic E-state index is -0.201. The third-order valence-corrected chi connectivity index (χ3v) is 4.98. The van der Waals surface area contributed by atoms with Crippen LogP contribution in [0.15, 0.2) is 53.1 Å². The van der Waals surface area contributed by atoms with E-state index in [4.69, 9.17) is 16.1 Å². The van der Waals surface area contributed by atoms with Gasteiger partial charge in [0.2, 0.25) is 11.7 Å².